The fraction of sp³-hybridized carbons (Fsp3) is 0.227. The first-order valence-electron chi connectivity index (χ1n) is 9.92. The van der Waals surface area contributed by atoms with E-state index in [2.05, 4.69) is 15.5 Å². The number of azo groups is 1. The van der Waals surface area contributed by atoms with Gasteiger partial charge in [-0.05, 0) is 56.2 Å². The Bertz CT molecular complexity index is 1200. The second-order valence-electron chi connectivity index (χ2n) is 7.18. The number of furan rings is 1. The molecule has 0 unspecified atom stereocenters. The van der Waals surface area contributed by atoms with Crippen LogP contribution in [-0.4, -0.2) is 31.7 Å². The van der Waals surface area contributed by atoms with Crippen molar-refractivity contribution in [2.75, 3.05) is 18.4 Å². The van der Waals surface area contributed by atoms with Crippen molar-refractivity contribution in [3.8, 4) is 0 Å². The number of amides is 1. The molecule has 1 saturated heterocycles. The van der Waals surface area contributed by atoms with Crippen molar-refractivity contribution < 1.29 is 17.6 Å². The van der Waals surface area contributed by atoms with Gasteiger partial charge in [0.2, 0.25) is 10.0 Å². The van der Waals surface area contributed by atoms with Crippen LogP contribution in [0.25, 0.3) is 0 Å². The standard InChI is InChI=1S/C22H22N4O4S/c1-16-21(31(28,29)26-13-5-6-14-26)15-20(30-16)22(27)23-17-9-11-19(12-10-17)25-24-18-7-3-2-4-8-18/h2-4,7-12,15H,5-6,13-14H2,1H3,(H,23,27). The Morgan fingerprint density at radius 2 is 1.58 bits per heavy atom. The third-order valence-electron chi connectivity index (χ3n) is 4.94. The van der Waals surface area contributed by atoms with E-state index in [1.165, 1.54) is 10.4 Å². The van der Waals surface area contributed by atoms with Gasteiger partial charge in [-0.3, -0.25) is 4.79 Å². The van der Waals surface area contributed by atoms with Gasteiger partial charge in [-0.2, -0.15) is 14.5 Å². The van der Waals surface area contributed by atoms with Gasteiger partial charge in [0.25, 0.3) is 5.91 Å². The van der Waals surface area contributed by atoms with E-state index in [4.69, 9.17) is 4.42 Å². The lowest BCUT2D eigenvalue weighted by molar-refractivity contribution is 0.0995. The van der Waals surface area contributed by atoms with Gasteiger partial charge in [0.15, 0.2) is 5.76 Å². The molecule has 160 valence electrons. The lowest BCUT2D eigenvalue weighted by Crippen LogP contribution is -2.28. The summed E-state index contributed by atoms with van der Waals surface area (Å²) in [5.74, 6) is -0.374. The monoisotopic (exact) mass is 438 g/mol. The number of hydrogen-bond acceptors (Lipinski definition) is 6. The summed E-state index contributed by atoms with van der Waals surface area (Å²) in [5.41, 5.74) is 1.91. The predicted molar refractivity (Wildman–Crippen MR) is 116 cm³/mol. The lowest BCUT2D eigenvalue weighted by atomic mass is 10.3. The molecule has 1 N–H and O–H groups in total. The number of carbonyl (C=O) groups is 1. The van der Waals surface area contributed by atoms with Crippen molar-refractivity contribution in [2.24, 2.45) is 10.2 Å². The van der Waals surface area contributed by atoms with Gasteiger partial charge in [0.1, 0.15) is 10.7 Å². The smallest absolute Gasteiger partial charge is 0.291 e. The van der Waals surface area contributed by atoms with Gasteiger partial charge < -0.3 is 9.73 Å². The van der Waals surface area contributed by atoms with Gasteiger partial charge in [-0.15, -0.1) is 0 Å². The molecular formula is C22H22N4O4S. The molecule has 3 aromatic rings. The summed E-state index contributed by atoms with van der Waals surface area (Å²) in [6.07, 6.45) is 1.68. The Morgan fingerprint density at radius 3 is 2.23 bits per heavy atom. The molecule has 8 nitrogen and oxygen atoms in total. The van der Waals surface area contributed by atoms with Crippen LogP contribution in [0.5, 0.6) is 0 Å². The Labute approximate surface area is 180 Å². The molecule has 0 aliphatic carbocycles. The molecule has 0 spiro atoms. The fourth-order valence-electron chi connectivity index (χ4n) is 3.32. The minimum Gasteiger partial charge on any atom is -0.455 e. The summed E-state index contributed by atoms with van der Waals surface area (Å²) >= 11 is 0. The lowest BCUT2D eigenvalue weighted by Gasteiger charge is -2.14. The van der Waals surface area contributed by atoms with Crippen LogP contribution in [0.3, 0.4) is 0 Å². The van der Waals surface area contributed by atoms with Crippen LogP contribution in [0, 0.1) is 6.92 Å². The van der Waals surface area contributed by atoms with Crippen molar-refractivity contribution in [1.82, 2.24) is 4.31 Å². The molecule has 0 radical (unpaired) electrons. The average Bonchev–Trinajstić information content (AvgIpc) is 3.45. The molecule has 2 heterocycles. The number of carbonyl (C=O) groups excluding carboxylic acids is 1. The van der Waals surface area contributed by atoms with Crippen LogP contribution in [0.4, 0.5) is 17.1 Å². The topological polar surface area (TPSA) is 104 Å². The molecule has 1 fully saturated rings. The van der Waals surface area contributed by atoms with Crippen LogP contribution in [-0.2, 0) is 10.0 Å². The average molecular weight is 439 g/mol. The van der Waals surface area contributed by atoms with E-state index in [1.54, 1.807) is 31.2 Å². The zero-order valence-electron chi connectivity index (χ0n) is 17.0. The van der Waals surface area contributed by atoms with E-state index in [0.717, 1.165) is 18.5 Å². The van der Waals surface area contributed by atoms with E-state index in [9.17, 15) is 13.2 Å². The minimum atomic E-state index is -3.65. The summed E-state index contributed by atoms with van der Waals surface area (Å²) in [4.78, 5) is 12.6. The van der Waals surface area contributed by atoms with Crippen LogP contribution in [0.1, 0.15) is 29.2 Å². The first-order valence-corrected chi connectivity index (χ1v) is 11.4. The molecule has 2 aromatic carbocycles. The van der Waals surface area contributed by atoms with Crippen LogP contribution >= 0.6 is 0 Å². The van der Waals surface area contributed by atoms with Crippen molar-refractivity contribution in [3.63, 3.8) is 0 Å². The van der Waals surface area contributed by atoms with Gasteiger partial charge in [-0.25, -0.2) is 8.42 Å². The van der Waals surface area contributed by atoms with Gasteiger partial charge in [-0.1, -0.05) is 18.2 Å². The van der Waals surface area contributed by atoms with Gasteiger partial charge in [0.05, 0.1) is 11.4 Å². The fourth-order valence-corrected chi connectivity index (χ4v) is 4.99. The molecule has 1 amide bonds. The number of benzene rings is 2. The number of nitrogens with one attached hydrogen (secondary N) is 1. The van der Waals surface area contributed by atoms with Crippen molar-refractivity contribution in [3.05, 3.63) is 72.2 Å². The van der Waals surface area contributed by atoms with Crippen molar-refractivity contribution in [1.29, 1.82) is 0 Å². The highest BCUT2D eigenvalue weighted by atomic mass is 32.2. The maximum atomic E-state index is 12.8. The van der Waals surface area contributed by atoms with E-state index >= 15 is 0 Å². The maximum absolute atomic E-state index is 12.8. The van der Waals surface area contributed by atoms with E-state index in [0.29, 0.717) is 24.5 Å². The molecule has 1 aliphatic rings. The molecule has 0 saturated carbocycles. The van der Waals surface area contributed by atoms with E-state index in [-0.39, 0.29) is 16.4 Å². The highest BCUT2D eigenvalue weighted by Crippen LogP contribution is 2.27. The number of hydrogen-bond donors (Lipinski definition) is 1. The molecule has 31 heavy (non-hydrogen) atoms. The second-order valence-corrected chi connectivity index (χ2v) is 9.09. The third kappa shape index (κ3) is 4.73. The SMILES string of the molecule is Cc1oc(C(=O)Nc2ccc(N=Nc3ccccc3)cc2)cc1S(=O)(=O)N1CCCC1. The number of anilines is 1. The zero-order chi connectivity index (χ0) is 21.8. The first kappa shape index (κ1) is 21.0. The maximum Gasteiger partial charge on any atom is 0.291 e. The number of nitrogens with zero attached hydrogens (tertiary/aromatic N) is 3. The minimum absolute atomic E-state index is 0.0382. The largest absolute Gasteiger partial charge is 0.455 e. The molecule has 4 rings (SSSR count). The molecule has 0 bridgehead atoms. The summed E-state index contributed by atoms with van der Waals surface area (Å²) in [6, 6.07) is 17.5. The second kappa shape index (κ2) is 8.83. The highest BCUT2D eigenvalue weighted by Gasteiger charge is 2.31. The van der Waals surface area contributed by atoms with Gasteiger partial charge in [0, 0.05) is 24.8 Å². The Balaban J connectivity index is 1.44. The van der Waals surface area contributed by atoms with Crippen LogP contribution < -0.4 is 5.32 Å². The third-order valence-corrected chi connectivity index (χ3v) is 6.95. The summed E-state index contributed by atoms with van der Waals surface area (Å²) in [7, 11) is -3.65. The van der Waals surface area contributed by atoms with E-state index < -0.39 is 15.9 Å². The highest BCUT2D eigenvalue weighted by molar-refractivity contribution is 7.89. The molecule has 1 aliphatic heterocycles. The predicted octanol–water partition coefficient (Wildman–Crippen LogP) is 5.04. The quantitative estimate of drug-likeness (QED) is 0.544. The summed E-state index contributed by atoms with van der Waals surface area (Å²) in [6.45, 7) is 2.52. The van der Waals surface area contributed by atoms with Crippen LogP contribution in [0.15, 0.2) is 80.2 Å². The number of rotatable bonds is 6. The Kier molecular flexibility index (Phi) is 5.97. The Morgan fingerprint density at radius 1 is 0.968 bits per heavy atom. The van der Waals surface area contributed by atoms with Crippen molar-refractivity contribution in [2.45, 2.75) is 24.7 Å². The number of aryl methyl sites for hydroxylation is 1. The normalized spacial score (nSPS) is 14.9. The summed E-state index contributed by atoms with van der Waals surface area (Å²) < 4.78 is 32.4. The van der Waals surface area contributed by atoms with E-state index in [1.807, 2.05) is 30.3 Å². The van der Waals surface area contributed by atoms with Crippen molar-refractivity contribution >= 4 is 33.0 Å². The molecule has 1 aromatic heterocycles. The van der Waals surface area contributed by atoms with Gasteiger partial charge >= 0.3 is 0 Å². The van der Waals surface area contributed by atoms with Crippen LogP contribution in [0.2, 0.25) is 0 Å². The molecule has 0 atom stereocenters. The zero-order valence-corrected chi connectivity index (χ0v) is 17.8. The molecule has 9 heteroatoms. The molecular weight excluding hydrogens is 416 g/mol. The first-order chi connectivity index (χ1) is 14.9. The number of sulfonamides is 1. The summed E-state index contributed by atoms with van der Waals surface area (Å²) in [5, 5.41) is 11.0. The Hall–Kier alpha value is -3.30.